The number of para-hydroxylation sites is 1. The molecule has 3 aromatic rings. The number of nitrogens with zero attached hydrogens (tertiary/aromatic N) is 3. The predicted octanol–water partition coefficient (Wildman–Crippen LogP) is 4.53. The minimum Gasteiger partial charge on any atom is -0.383 e. The normalized spacial score (nSPS) is 12.1. The standard InChI is InChI=1S/C26H33BrN4O3/c1-19(24-29-23-13-6-5-12-22(23)26(33)31(24)16-17-34-2)30(15-8-4-3-7-14-28)25(32)20-10-9-11-21(27)18-20/h5-6,9-13,18-19H,3-4,7-8,14-17,28H2,1-2H3. The van der Waals surface area contributed by atoms with Gasteiger partial charge in [0.1, 0.15) is 5.82 Å². The van der Waals surface area contributed by atoms with Crippen molar-refractivity contribution in [2.24, 2.45) is 5.73 Å². The molecule has 0 saturated heterocycles. The molecular formula is C26H33BrN4O3. The predicted molar refractivity (Wildman–Crippen MR) is 139 cm³/mol. The molecule has 7 nitrogen and oxygen atoms in total. The summed E-state index contributed by atoms with van der Waals surface area (Å²) >= 11 is 3.47. The van der Waals surface area contributed by atoms with Crippen molar-refractivity contribution < 1.29 is 9.53 Å². The molecule has 0 radical (unpaired) electrons. The maximum atomic E-state index is 13.7. The van der Waals surface area contributed by atoms with Crippen molar-refractivity contribution in [3.05, 3.63) is 74.7 Å². The summed E-state index contributed by atoms with van der Waals surface area (Å²) in [6, 6.07) is 14.3. The van der Waals surface area contributed by atoms with E-state index in [2.05, 4.69) is 15.9 Å². The molecule has 0 spiro atoms. The van der Waals surface area contributed by atoms with Crippen LogP contribution in [0.5, 0.6) is 0 Å². The van der Waals surface area contributed by atoms with Gasteiger partial charge in [-0.2, -0.15) is 0 Å². The van der Waals surface area contributed by atoms with Gasteiger partial charge < -0.3 is 15.4 Å². The van der Waals surface area contributed by atoms with Gasteiger partial charge in [-0.25, -0.2) is 4.98 Å². The molecule has 2 N–H and O–H groups in total. The molecule has 3 rings (SSSR count). The first-order valence-electron chi connectivity index (χ1n) is 11.7. The zero-order chi connectivity index (χ0) is 24.5. The lowest BCUT2D eigenvalue weighted by Gasteiger charge is -2.31. The van der Waals surface area contributed by atoms with E-state index in [0.717, 1.165) is 30.2 Å². The Morgan fingerprint density at radius 2 is 1.91 bits per heavy atom. The summed E-state index contributed by atoms with van der Waals surface area (Å²) in [7, 11) is 1.60. The third-order valence-electron chi connectivity index (χ3n) is 5.94. The first kappa shape index (κ1) is 26.1. The fraction of sp³-hybridized carbons (Fsp3) is 0.423. The van der Waals surface area contributed by atoms with E-state index in [1.165, 1.54) is 0 Å². The monoisotopic (exact) mass is 528 g/mol. The fourth-order valence-electron chi connectivity index (χ4n) is 4.08. The van der Waals surface area contributed by atoms with Gasteiger partial charge in [0.25, 0.3) is 11.5 Å². The van der Waals surface area contributed by atoms with Gasteiger partial charge in [0.15, 0.2) is 0 Å². The van der Waals surface area contributed by atoms with Crippen LogP contribution in [-0.4, -0.2) is 47.2 Å². The Bertz CT molecular complexity index is 1160. The van der Waals surface area contributed by atoms with Crippen molar-refractivity contribution in [2.45, 2.75) is 45.2 Å². The first-order valence-corrected chi connectivity index (χ1v) is 12.5. The Hall–Kier alpha value is -2.55. The largest absolute Gasteiger partial charge is 0.383 e. The molecule has 2 aromatic carbocycles. The number of benzene rings is 2. The van der Waals surface area contributed by atoms with Gasteiger partial charge in [-0.1, -0.05) is 47.0 Å². The van der Waals surface area contributed by atoms with Gasteiger partial charge in [-0.3, -0.25) is 14.2 Å². The van der Waals surface area contributed by atoms with Crippen LogP contribution in [-0.2, 0) is 11.3 Å². The van der Waals surface area contributed by atoms with Crippen LogP contribution in [0, 0.1) is 0 Å². The second kappa shape index (κ2) is 12.8. The van der Waals surface area contributed by atoms with Crippen molar-refractivity contribution >= 4 is 32.7 Å². The van der Waals surface area contributed by atoms with Gasteiger partial charge in [-0.15, -0.1) is 0 Å². The Morgan fingerprint density at radius 3 is 2.65 bits per heavy atom. The molecule has 1 heterocycles. The molecule has 0 aliphatic heterocycles. The lowest BCUT2D eigenvalue weighted by atomic mass is 10.1. The van der Waals surface area contributed by atoms with Crippen molar-refractivity contribution in [3.63, 3.8) is 0 Å². The highest BCUT2D eigenvalue weighted by Gasteiger charge is 2.27. The lowest BCUT2D eigenvalue weighted by Crippen LogP contribution is -2.39. The number of carbonyl (C=O) groups excluding carboxylic acids is 1. The second-order valence-corrected chi connectivity index (χ2v) is 9.24. The van der Waals surface area contributed by atoms with Crippen molar-refractivity contribution in [1.82, 2.24) is 14.5 Å². The van der Waals surface area contributed by atoms with E-state index in [4.69, 9.17) is 15.5 Å². The first-order chi connectivity index (χ1) is 16.5. The molecule has 1 aromatic heterocycles. The lowest BCUT2D eigenvalue weighted by molar-refractivity contribution is 0.0673. The number of ether oxygens (including phenoxy) is 1. The van der Waals surface area contributed by atoms with Crippen molar-refractivity contribution in [3.8, 4) is 0 Å². The van der Waals surface area contributed by atoms with Crippen LogP contribution in [0.2, 0.25) is 0 Å². The van der Waals surface area contributed by atoms with Crippen LogP contribution in [0.25, 0.3) is 10.9 Å². The second-order valence-electron chi connectivity index (χ2n) is 8.32. The van der Waals surface area contributed by atoms with E-state index in [9.17, 15) is 9.59 Å². The highest BCUT2D eigenvalue weighted by molar-refractivity contribution is 9.10. The summed E-state index contributed by atoms with van der Waals surface area (Å²) in [6.45, 7) is 3.91. The highest BCUT2D eigenvalue weighted by Crippen LogP contribution is 2.24. The van der Waals surface area contributed by atoms with Gasteiger partial charge in [0.2, 0.25) is 0 Å². The number of unbranched alkanes of at least 4 members (excludes halogenated alkanes) is 3. The smallest absolute Gasteiger partial charge is 0.261 e. The van der Waals surface area contributed by atoms with Gasteiger partial charge >= 0.3 is 0 Å². The number of fused-ring (bicyclic) bond motifs is 1. The molecule has 0 saturated carbocycles. The summed E-state index contributed by atoms with van der Waals surface area (Å²) in [4.78, 5) is 33.7. The van der Waals surface area contributed by atoms with Crippen molar-refractivity contribution in [2.75, 3.05) is 26.8 Å². The summed E-state index contributed by atoms with van der Waals surface area (Å²) in [5.41, 5.74) is 6.72. The molecule has 0 fully saturated rings. The number of halogens is 1. The van der Waals surface area contributed by atoms with Crippen molar-refractivity contribution in [1.29, 1.82) is 0 Å². The minimum atomic E-state index is -0.407. The minimum absolute atomic E-state index is 0.0895. The highest BCUT2D eigenvalue weighted by atomic mass is 79.9. The number of amides is 1. The number of hydrogen-bond donors (Lipinski definition) is 1. The molecule has 0 aliphatic rings. The maximum absolute atomic E-state index is 13.7. The maximum Gasteiger partial charge on any atom is 0.261 e. The average molecular weight is 529 g/mol. The number of hydrogen-bond acceptors (Lipinski definition) is 5. The van der Waals surface area contributed by atoms with E-state index < -0.39 is 6.04 Å². The molecule has 1 atom stereocenters. The van der Waals surface area contributed by atoms with E-state index in [1.807, 2.05) is 54.3 Å². The van der Waals surface area contributed by atoms with Crippen LogP contribution < -0.4 is 11.3 Å². The summed E-state index contributed by atoms with van der Waals surface area (Å²) < 4.78 is 7.74. The Labute approximate surface area is 209 Å². The third-order valence-corrected chi connectivity index (χ3v) is 6.43. The van der Waals surface area contributed by atoms with E-state index in [0.29, 0.717) is 48.5 Å². The Balaban J connectivity index is 2.02. The van der Waals surface area contributed by atoms with E-state index >= 15 is 0 Å². The molecule has 8 heteroatoms. The Morgan fingerprint density at radius 1 is 1.15 bits per heavy atom. The molecule has 0 aliphatic carbocycles. The fourth-order valence-corrected chi connectivity index (χ4v) is 4.48. The number of nitrogens with two attached hydrogens (primary N) is 1. The zero-order valence-corrected chi connectivity index (χ0v) is 21.5. The molecule has 0 bridgehead atoms. The molecule has 34 heavy (non-hydrogen) atoms. The molecule has 1 amide bonds. The van der Waals surface area contributed by atoms with E-state index in [1.54, 1.807) is 17.7 Å². The van der Waals surface area contributed by atoms with Gasteiger partial charge in [0.05, 0.1) is 30.1 Å². The SMILES string of the molecule is COCCn1c(C(C)N(CCCCCCN)C(=O)c2cccc(Br)c2)nc2ccccc2c1=O. The molecule has 182 valence electrons. The number of methoxy groups -OCH3 is 1. The van der Waals surface area contributed by atoms with Gasteiger partial charge in [-0.05, 0) is 56.6 Å². The van der Waals surface area contributed by atoms with Crippen LogP contribution in [0.15, 0.2) is 57.8 Å². The summed E-state index contributed by atoms with van der Waals surface area (Å²) in [5, 5.41) is 0.557. The topological polar surface area (TPSA) is 90.4 Å². The number of rotatable bonds is 12. The number of aromatic nitrogens is 2. The molecule has 1 unspecified atom stereocenters. The molecular weight excluding hydrogens is 496 g/mol. The summed E-state index contributed by atoms with van der Waals surface area (Å²) in [6.07, 6.45) is 3.82. The van der Waals surface area contributed by atoms with Crippen LogP contribution in [0.4, 0.5) is 0 Å². The van der Waals surface area contributed by atoms with Crippen LogP contribution in [0.3, 0.4) is 0 Å². The quantitative estimate of drug-likeness (QED) is 0.349. The third kappa shape index (κ3) is 6.31. The van der Waals surface area contributed by atoms with E-state index in [-0.39, 0.29) is 11.5 Å². The van der Waals surface area contributed by atoms with Gasteiger partial charge in [0, 0.05) is 23.7 Å². The Kier molecular flexibility index (Phi) is 9.80. The van der Waals surface area contributed by atoms with Crippen LogP contribution in [0.1, 0.15) is 54.8 Å². The average Bonchev–Trinajstić information content (AvgIpc) is 2.85. The summed E-state index contributed by atoms with van der Waals surface area (Å²) in [5.74, 6) is 0.472. The number of carbonyl (C=O) groups is 1. The zero-order valence-electron chi connectivity index (χ0n) is 19.9. The van der Waals surface area contributed by atoms with Crippen LogP contribution >= 0.6 is 15.9 Å².